The van der Waals surface area contributed by atoms with E-state index in [0.29, 0.717) is 17.4 Å². The van der Waals surface area contributed by atoms with Crippen molar-refractivity contribution in [3.8, 4) is 10.6 Å². The molecule has 1 saturated heterocycles. The zero-order valence-corrected chi connectivity index (χ0v) is 17.0. The summed E-state index contributed by atoms with van der Waals surface area (Å²) in [7, 11) is 0. The Kier molecular flexibility index (Phi) is 4.25. The lowest BCUT2D eigenvalue weighted by Gasteiger charge is -2.19. The molecule has 28 heavy (non-hydrogen) atoms. The minimum atomic E-state index is 0.0788. The Morgan fingerprint density at radius 3 is 2.89 bits per heavy atom. The average molecular weight is 396 g/mol. The summed E-state index contributed by atoms with van der Waals surface area (Å²) in [4.78, 5) is 21.4. The largest absolute Gasteiger partial charge is 0.338 e. The Bertz CT molecular complexity index is 1030. The Morgan fingerprint density at radius 2 is 2.18 bits per heavy atom. The van der Waals surface area contributed by atoms with Crippen molar-refractivity contribution in [2.45, 2.75) is 38.8 Å². The summed E-state index contributed by atoms with van der Waals surface area (Å²) in [5, 5.41) is 7.39. The van der Waals surface area contributed by atoms with Gasteiger partial charge in [-0.3, -0.25) is 4.79 Å². The van der Waals surface area contributed by atoms with Gasteiger partial charge in [-0.15, -0.1) is 11.3 Å². The molecule has 3 aromatic heterocycles. The summed E-state index contributed by atoms with van der Waals surface area (Å²) >= 11 is 1.63. The van der Waals surface area contributed by atoms with Gasteiger partial charge in [0.2, 0.25) is 0 Å². The summed E-state index contributed by atoms with van der Waals surface area (Å²) in [5.74, 6) is 1.07. The number of rotatable bonds is 3. The van der Waals surface area contributed by atoms with Crippen LogP contribution in [0.3, 0.4) is 0 Å². The molecule has 5 rings (SSSR count). The molecule has 0 radical (unpaired) electrons. The fourth-order valence-electron chi connectivity index (χ4n) is 4.77. The molecule has 1 saturated carbocycles. The van der Waals surface area contributed by atoms with Crippen molar-refractivity contribution in [3.63, 3.8) is 0 Å². The standard InChI is InChI=1S/C21H25N5OS/c1-12(2)26-20-15(9-23-26)14(8-18(24-20)19-4-3-7-28-19)21(27)25-10-13-5-6-17(22)16(13)11-25/h3-4,7-9,12-13,16-17H,5-6,10-11,22H2,1-2H3. The molecule has 2 N–H and O–H groups in total. The van der Waals surface area contributed by atoms with E-state index in [1.165, 1.54) is 0 Å². The fraction of sp³-hybridized carbons (Fsp3) is 0.476. The van der Waals surface area contributed by atoms with Gasteiger partial charge in [0.15, 0.2) is 5.65 Å². The lowest BCUT2D eigenvalue weighted by molar-refractivity contribution is 0.0781. The highest BCUT2D eigenvalue weighted by Crippen LogP contribution is 2.38. The first-order valence-corrected chi connectivity index (χ1v) is 10.9. The van der Waals surface area contributed by atoms with E-state index in [0.717, 1.165) is 47.5 Å². The molecule has 6 nitrogen and oxygen atoms in total. The number of fused-ring (bicyclic) bond motifs is 2. The second-order valence-electron chi connectivity index (χ2n) is 8.33. The Hall–Kier alpha value is -2.25. The van der Waals surface area contributed by atoms with Gasteiger partial charge < -0.3 is 10.6 Å². The first kappa shape index (κ1) is 17.8. The van der Waals surface area contributed by atoms with Crippen LogP contribution in [0.15, 0.2) is 29.8 Å². The lowest BCUT2D eigenvalue weighted by Crippen LogP contribution is -2.33. The van der Waals surface area contributed by atoms with Crippen molar-refractivity contribution in [1.82, 2.24) is 19.7 Å². The fourth-order valence-corrected chi connectivity index (χ4v) is 5.45. The number of thiophene rings is 1. The number of carbonyl (C=O) groups is 1. The Morgan fingerprint density at radius 1 is 1.32 bits per heavy atom. The minimum Gasteiger partial charge on any atom is -0.338 e. The molecule has 1 aliphatic carbocycles. The number of hydrogen-bond acceptors (Lipinski definition) is 5. The van der Waals surface area contributed by atoms with Crippen molar-refractivity contribution in [2.24, 2.45) is 17.6 Å². The van der Waals surface area contributed by atoms with Gasteiger partial charge in [-0.25, -0.2) is 9.67 Å². The monoisotopic (exact) mass is 395 g/mol. The number of nitrogens with zero attached hydrogens (tertiary/aromatic N) is 4. The van der Waals surface area contributed by atoms with Gasteiger partial charge in [0.05, 0.1) is 27.7 Å². The van der Waals surface area contributed by atoms with Crippen LogP contribution in [-0.4, -0.2) is 44.7 Å². The summed E-state index contributed by atoms with van der Waals surface area (Å²) in [6.45, 7) is 5.74. The predicted octanol–water partition coefficient (Wildman–Crippen LogP) is 3.55. The maximum absolute atomic E-state index is 13.5. The molecule has 2 aliphatic rings. The summed E-state index contributed by atoms with van der Waals surface area (Å²) < 4.78 is 1.90. The molecule has 7 heteroatoms. The normalized spacial score (nSPS) is 24.4. The van der Waals surface area contributed by atoms with Gasteiger partial charge in [0, 0.05) is 25.2 Å². The Balaban J connectivity index is 1.59. The minimum absolute atomic E-state index is 0.0788. The molecule has 0 bridgehead atoms. The zero-order chi connectivity index (χ0) is 19.4. The summed E-state index contributed by atoms with van der Waals surface area (Å²) in [6, 6.07) is 6.40. The van der Waals surface area contributed by atoms with Gasteiger partial charge in [-0.1, -0.05) is 6.07 Å². The third-order valence-corrected chi connectivity index (χ3v) is 7.15. The molecular formula is C21H25N5OS. The maximum Gasteiger partial charge on any atom is 0.254 e. The van der Waals surface area contributed by atoms with Crippen molar-refractivity contribution in [3.05, 3.63) is 35.3 Å². The zero-order valence-electron chi connectivity index (χ0n) is 16.2. The molecule has 1 aliphatic heterocycles. The SMILES string of the molecule is CC(C)n1ncc2c(C(=O)N3CC4CCC(N)C4C3)cc(-c3cccs3)nc21. The number of carbonyl (C=O) groups excluding carboxylic acids is 1. The van der Waals surface area contributed by atoms with Gasteiger partial charge in [0.25, 0.3) is 5.91 Å². The van der Waals surface area contributed by atoms with E-state index in [1.54, 1.807) is 17.5 Å². The second-order valence-corrected chi connectivity index (χ2v) is 9.28. The van der Waals surface area contributed by atoms with Crippen LogP contribution >= 0.6 is 11.3 Å². The quantitative estimate of drug-likeness (QED) is 0.736. The Labute approximate surface area is 168 Å². The van der Waals surface area contributed by atoms with Crippen LogP contribution in [0.1, 0.15) is 43.1 Å². The number of pyridine rings is 1. The van der Waals surface area contributed by atoms with E-state index in [9.17, 15) is 4.79 Å². The number of likely N-dealkylation sites (tertiary alicyclic amines) is 1. The highest BCUT2D eigenvalue weighted by molar-refractivity contribution is 7.13. The van der Waals surface area contributed by atoms with Gasteiger partial charge in [0.1, 0.15) is 0 Å². The van der Waals surface area contributed by atoms with Crippen molar-refractivity contribution >= 4 is 28.3 Å². The smallest absolute Gasteiger partial charge is 0.254 e. The molecule has 3 unspecified atom stereocenters. The first-order valence-electron chi connectivity index (χ1n) is 10.00. The van der Waals surface area contributed by atoms with E-state index in [1.807, 2.05) is 33.2 Å². The van der Waals surface area contributed by atoms with Crippen LogP contribution in [0, 0.1) is 11.8 Å². The van der Waals surface area contributed by atoms with Crippen LogP contribution in [-0.2, 0) is 0 Å². The van der Waals surface area contributed by atoms with E-state index in [-0.39, 0.29) is 18.0 Å². The average Bonchev–Trinajstić information content (AvgIpc) is 3.45. The van der Waals surface area contributed by atoms with Crippen LogP contribution < -0.4 is 5.73 Å². The van der Waals surface area contributed by atoms with E-state index < -0.39 is 0 Å². The molecule has 3 atom stereocenters. The van der Waals surface area contributed by atoms with E-state index in [2.05, 4.69) is 18.9 Å². The van der Waals surface area contributed by atoms with E-state index in [4.69, 9.17) is 10.7 Å². The van der Waals surface area contributed by atoms with Gasteiger partial charge >= 0.3 is 0 Å². The lowest BCUT2D eigenvalue weighted by atomic mass is 9.98. The number of aromatic nitrogens is 3. The van der Waals surface area contributed by atoms with Crippen LogP contribution in [0.25, 0.3) is 21.6 Å². The van der Waals surface area contributed by atoms with Gasteiger partial charge in [-0.05, 0) is 56.0 Å². The number of hydrogen-bond donors (Lipinski definition) is 1. The predicted molar refractivity (Wildman–Crippen MR) is 111 cm³/mol. The molecule has 3 aromatic rings. The maximum atomic E-state index is 13.5. The molecule has 0 aromatic carbocycles. The van der Waals surface area contributed by atoms with Crippen LogP contribution in [0.2, 0.25) is 0 Å². The topological polar surface area (TPSA) is 77.0 Å². The molecule has 4 heterocycles. The summed E-state index contributed by atoms with van der Waals surface area (Å²) in [6.07, 6.45) is 4.00. The molecular weight excluding hydrogens is 370 g/mol. The van der Waals surface area contributed by atoms with Crippen molar-refractivity contribution in [1.29, 1.82) is 0 Å². The number of amides is 1. The van der Waals surface area contributed by atoms with Crippen LogP contribution in [0.4, 0.5) is 0 Å². The third-order valence-electron chi connectivity index (χ3n) is 6.26. The summed E-state index contributed by atoms with van der Waals surface area (Å²) in [5.41, 5.74) is 8.59. The van der Waals surface area contributed by atoms with Crippen molar-refractivity contribution in [2.75, 3.05) is 13.1 Å². The molecule has 1 amide bonds. The van der Waals surface area contributed by atoms with Gasteiger partial charge in [-0.2, -0.15) is 5.10 Å². The molecule has 0 spiro atoms. The van der Waals surface area contributed by atoms with Crippen LogP contribution in [0.5, 0.6) is 0 Å². The molecule has 2 fully saturated rings. The first-order chi connectivity index (χ1) is 13.5. The third kappa shape index (κ3) is 2.76. The van der Waals surface area contributed by atoms with E-state index >= 15 is 0 Å². The highest BCUT2D eigenvalue weighted by Gasteiger charge is 2.43. The highest BCUT2D eigenvalue weighted by atomic mass is 32.1. The second kappa shape index (κ2) is 6.67. The van der Waals surface area contributed by atoms with Crippen molar-refractivity contribution < 1.29 is 4.79 Å². The number of nitrogens with two attached hydrogens (primary N) is 1. The molecule has 146 valence electrons.